The molecule has 0 saturated carbocycles. The maximum atomic E-state index is 9.27. The molecule has 0 spiro atoms. The molecule has 2 aromatic carbocycles. The Kier molecular flexibility index (Phi) is 5.35. The Morgan fingerprint density at radius 3 is 2.36 bits per heavy atom. The van der Waals surface area contributed by atoms with E-state index in [2.05, 4.69) is 45.3 Å². The van der Waals surface area contributed by atoms with E-state index in [1.165, 1.54) is 0 Å². The number of hydrogen-bond acceptors (Lipinski definition) is 3. The van der Waals surface area contributed by atoms with Gasteiger partial charge in [-0.25, -0.2) is 9.97 Å². The molecule has 0 aliphatic heterocycles. The summed E-state index contributed by atoms with van der Waals surface area (Å²) >= 11 is 0. The van der Waals surface area contributed by atoms with Gasteiger partial charge in [0.2, 0.25) is 0 Å². The van der Waals surface area contributed by atoms with E-state index in [9.17, 15) is 5.11 Å². The smallest absolute Gasteiger partial charge is 0.158 e. The summed E-state index contributed by atoms with van der Waals surface area (Å²) in [7, 11) is 0. The van der Waals surface area contributed by atoms with Crippen molar-refractivity contribution in [1.82, 2.24) is 19.1 Å². The highest BCUT2D eigenvalue weighted by Gasteiger charge is 2.19. The lowest BCUT2D eigenvalue weighted by atomic mass is 10.1. The number of imidazole rings is 2. The van der Waals surface area contributed by atoms with E-state index in [1.807, 2.05) is 49.1 Å². The minimum absolute atomic E-state index is 0.0587. The molecule has 28 heavy (non-hydrogen) atoms. The fourth-order valence-electron chi connectivity index (χ4n) is 3.44. The van der Waals surface area contributed by atoms with Crippen LogP contribution in [-0.4, -0.2) is 24.2 Å². The fraction of sp³-hybridized carbons (Fsp3) is 0.217. The average molecular weight is 372 g/mol. The molecule has 0 bridgehead atoms. The van der Waals surface area contributed by atoms with Gasteiger partial charge in [0.05, 0.1) is 18.6 Å². The third kappa shape index (κ3) is 3.62. The number of nitrogens with zero attached hydrogens (tertiary/aromatic N) is 4. The highest BCUT2D eigenvalue weighted by molar-refractivity contribution is 5.75. The Balaban J connectivity index is 1.80. The fourth-order valence-corrected chi connectivity index (χ4v) is 3.44. The van der Waals surface area contributed by atoms with Crippen molar-refractivity contribution in [3.8, 4) is 22.8 Å². The topological polar surface area (TPSA) is 55.9 Å². The summed E-state index contributed by atoms with van der Waals surface area (Å²) in [5, 5.41) is 9.27. The highest BCUT2D eigenvalue weighted by Crippen LogP contribution is 2.31. The number of aliphatic hydroxyl groups excluding tert-OH is 1. The molecule has 1 N–H and O–H groups in total. The first-order chi connectivity index (χ1) is 13.8. The minimum atomic E-state index is 0.0587. The van der Waals surface area contributed by atoms with Gasteiger partial charge in [-0.1, -0.05) is 61.5 Å². The Bertz CT molecular complexity index is 1030. The summed E-state index contributed by atoms with van der Waals surface area (Å²) in [5.41, 5.74) is 5.12. The number of benzene rings is 2. The van der Waals surface area contributed by atoms with Crippen LogP contribution in [0.4, 0.5) is 0 Å². The molecule has 0 atom stereocenters. The summed E-state index contributed by atoms with van der Waals surface area (Å²) in [6.07, 6.45) is 6.82. The predicted octanol–water partition coefficient (Wildman–Crippen LogP) is 4.36. The molecule has 0 aliphatic rings. The number of aromatic nitrogens is 4. The molecular weight excluding hydrogens is 348 g/mol. The molecule has 0 unspecified atom stereocenters. The number of hydrogen-bond donors (Lipinski definition) is 1. The molecule has 0 aliphatic carbocycles. The molecule has 4 aromatic rings. The van der Waals surface area contributed by atoms with Gasteiger partial charge >= 0.3 is 0 Å². The first-order valence-corrected chi connectivity index (χ1v) is 9.61. The van der Waals surface area contributed by atoms with E-state index in [4.69, 9.17) is 4.98 Å². The Morgan fingerprint density at radius 2 is 1.64 bits per heavy atom. The molecule has 0 saturated heterocycles. The molecular formula is C23H24N4O. The standard InChI is InChI=1S/C23H24N4O/c1-2-13-26-14-12-24-23(26)22-21(20-6-4-3-5-7-20)25-17-27(22)15-18-8-10-19(16-28)11-9-18/h3-12,14,17,28H,2,13,15-16H2,1H3. The van der Waals surface area contributed by atoms with Crippen molar-refractivity contribution in [1.29, 1.82) is 0 Å². The van der Waals surface area contributed by atoms with Crippen molar-refractivity contribution < 1.29 is 5.11 Å². The van der Waals surface area contributed by atoms with Crippen molar-refractivity contribution in [3.05, 3.63) is 84.4 Å². The minimum Gasteiger partial charge on any atom is -0.392 e. The second-order valence-corrected chi connectivity index (χ2v) is 6.85. The third-order valence-electron chi connectivity index (χ3n) is 4.84. The Morgan fingerprint density at radius 1 is 0.893 bits per heavy atom. The first kappa shape index (κ1) is 18.2. The lowest BCUT2D eigenvalue weighted by Crippen LogP contribution is -2.06. The number of rotatable bonds is 7. The normalized spacial score (nSPS) is 11.1. The molecule has 0 radical (unpaired) electrons. The van der Waals surface area contributed by atoms with Gasteiger partial charge in [-0.3, -0.25) is 0 Å². The summed E-state index contributed by atoms with van der Waals surface area (Å²) in [6, 6.07) is 18.3. The van der Waals surface area contributed by atoms with E-state index < -0.39 is 0 Å². The molecule has 5 nitrogen and oxygen atoms in total. The molecule has 0 fully saturated rings. The van der Waals surface area contributed by atoms with E-state index in [0.29, 0.717) is 6.54 Å². The molecule has 0 amide bonds. The van der Waals surface area contributed by atoms with Crippen LogP contribution in [0, 0.1) is 0 Å². The lowest BCUT2D eigenvalue weighted by Gasteiger charge is -2.12. The largest absolute Gasteiger partial charge is 0.392 e. The van der Waals surface area contributed by atoms with E-state index in [1.54, 1.807) is 0 Å². The van der Waals surface area contributed by atoms with Crippen LogP contribution in [0.25, 0.3) is 22.8 Å². The van der Waals surface area contributed by atoms with E-state index in [-0.39, 0.29) is 6.61 Å². The summed E-state index contributed by atoms with van der Waals surface area (Å²) < 4.78 is 4.35. The summed E-state index contributed by atoms with van der Waals surface area (Å²) in [4.78, 5) is 9.41. The molecule has 4 rings (SSSR count). The van der Waals surface area contributed by atoms with Crippen molar-refractivity contribution >= 4 is 0 Å². The lowest BCUT2D eigenvalue weighted by molar-refractivity contribution is 0.282. The zero-order valence-electron chi connectivity index (χ0n) is 16.0. The van der Waals surface area contributed by atoms with Crippen molar-refractivity contribution in [3.63, 3.8) is 0 Å². The van der Waals surface area contributed by atoms with E-state index in [0.717, 1.165) is 46.9 Å². The Hall–Kier alpha value is -3.18. The van der Waals surface area contributed by atoms with Crippen LogP contribution in [0.5, 0.6) is 0 Å². The zero-order chi connectivity index (χ0) is 19.3. The first-order valence-electron chi connectivity index (χ1n) is 9.61. The Labute approximate surface area is 164 Å². The van der Waals surface area contributed by atoms with Crippen LogP contribution >= 0.6 is 0 Å². The zero-order valence-corrected chi connectivity index (χ0v) is 16.0. The quantitative estimate of drug-likeness (QED) is 0.524. The van der Waals surface area contributed by atoms with Crippen LogP contribution in [0.2, 0.25) is 0 Å². The summed E-state index contributed by atoms with van der Waals surface area (Å²) in [5.74, 6) is 0.935. The predicted molar refractivity (Wildman–Crippen MR) is 111 cm³/mol. The second kappa shape index (κ2) is 8.23. The van der Waals surface area contributed by atoms with Gasteiger partial charge in [-0.2, -0.15) is 0 Å². The molecule has 2 aromatic heterocycles. The average Bonchev–Trinajstić information content (AvgIpc) is 3.36. The van der Waals surface area contributed by atoms with Gasteiger partial charge in [-0.15, -0.1) is 0 Å². The second-order valence-electron chi connectivity index (χ2n) is 6.85. The van der Waals surface area contributed by atoms with Gasteiger partial charge in [-0.05, 0) is 17.5 Å². The van der Waals surface area contributed by atoms with Crippen LogP contribution in [0.3, 0.4) is 0 Å². The third-order valence-corrected chi connectivity index (χ3v) is 4.84. The van der Waals surface area contributed by atoms with Gasteiger partial charge in [0.15, 0.2) is 5.82 Å². The number of aryl methyl sites for hydroxylation is 1. The molecule has 142 valence electrons. The van der Waals surface area contributed by atoms with Gasteiger partial charge in [0.25, 0.3) is 0 Å². The maximum absolute atomic E-state index is 9.27. The van der Waals surface area contributed by atoms with Crippen molar-refractivity contribution in [2.45, 2.75) is 33.0 Å². The maximum Gasteiger partial charge on any atom is 0.158 e. The van der Waals surface area contributed by atoms with Crippen LogP contribution in [0.1, 0.15) is 24.5 Å². The number of aliphatic hydroxyl groups is 1. The SMILES string of the molecule is CCCn1ccnc1-c1c(-c2ccccc2)ncn1Cc1ccc(CO)cc1. The van der Waals surface area contributed by atoms with Crippen molar-refractivity contribution in [2.24, 2.45) is 0 Å². The highest BCUT2D eigenvalue weighted by atomic mass is 16.3. The van der Waals surface area contributed by atoms with Crippen LogP contribution in [0.15, 0.2) is 73.3 Å². The van der Waals surface area contributed by atoms with E-state index >= 15 is 0 Å². The molecule has 2 heterocycles. The van der Waals surface area contributed by atoms with Gasteiger partial charge < -0.3 is 14.2 Å². The van der Waals surface area contributed by atoms with Gasteiger partial charge in [0, 0.05) is 31.0 Å². The van der Waals surface area contributed by atoms with Crippen LogP contribution < -0.4 is 0 Å². The molecule has 5 heteroatoms. The van der Waals surface area contributed by atoms with Gasteiger partial charge in [0.1, 0.15) is 5.69 Å². The van der Waals surface area contributed by atoms with Crippen LogP contribution in [-0.2, 0) is 19.7 Å². The monoisotopic (exact) mass is 372 g/mol. The summed E-state index contributed by atoms with van der Waals surface area (Å²) in [6.45, 7) is 3.84. The van der Waals surface area contributed by atoms with Crippen molar-refractivity contribution in [2.75, 3.05) is 0 Å².